The van der Waals surface area contributed by atoms with E-state index in [-0.39, 0.29) is 29.6 Å². The van der Waals surface area contributed by atoms with Crippen LogP contribution in [-0.4, -0.2) is 41.5 Å². The minimum atomic E-state index is -0.405. The standard InChI is InChI=1S/C33H43NO3.2C2H6/c1-25(18-19-27(3)35)31-22-30(37-24-29-15-9-6-10-16-29)20-21-32(31)34(4)23-33(36)26(2)12-11-17-28-13-7-5-8-14-28;2*1-2/h5-10,13-16,18-22,25-26,31-33,36H,11-12,17,23-24H2,1-4H3;2*1-2H3/b19-18+;;. The van der Waals surface area contributed by atoms with Crippen LogP contribution >= 0.6 is 0 Å². The molecule has 226 valence electrons. The highest BCUT2D eigenvalue weighted by atomic mass is 16.5. The lowest BCUT2D eigenvalue weighted by Gasteiger charge is -2.37. The van der Waals surface area contributed by atoms with Gasteiger partial charge in [0.2, 0.25) is 0 Å². The zero-order valence-corrected chi connectivity index (χ0v) is 26.8. The number of likely N-dealkylation sites (N-methyl/N-ethyl adjacent to an activating group) is 1. The molecule has 0 amide bonds. The number of ketones is 1. The number of carbonyl (C=O) groups is 1. The number of hydrogen-bond donors (Lipinski definition) is 1. The molecule has 2 aromatic rings. The Hall–Kier alpha value is -2.95. The summed E-state index contributed by atoms with van der Waals surface area (Å²) in [5.74, 6) is 1.37. The highest BCUT2D eigenvalue weighted by Crippen LogP contribution is 2.30. The van der Waals surface area contributed by atoms with Gasteiger partial charge in [-0.2, -0.15) is 0 Å². The molecule has 0 bridgehead atoms. The Kier molecular flexibility index (Phi) is 18.4. The number of aryl methyl sites for hydroxylation is 1. The van der Waals surface area contributed by atoms with E-state index in [1.807, 2.05) is 64.1 Å². The van der Waals surface area contributed by atoms with E-state index >= 15 is 0 Å². The number of carbonyl (C=O) groups excluding carboxylic acids is 1. The molecule has 4 nitrogen and oxygen atoms in total. The van der Waals surface area contributed by atoms with Gasteiger partial charge in [-0.3, -0.25) is 9.69 Å². The number of aliphatic hydroxyl groups is 1. The molecule has 5 unspecified atom stereocenters. The second kappa shape index (κ2) is 20.9. The fourth-order valence-electron chi connectivity index (χ4n) is 4.88. The molecule has 1 N–H and O–H groups in total. The third kappa shape index (κ3) is 13.5. The summed E-state index contributed by atoms with van der Waals surface area (Å²) in [6.45, 7) is 15.0. The van der Waals surface area contributed by atoms with Gasteiger partial charge >= 0.3 is 0 Å². The highest BCUT2D eigenvalue weighted by molar-refractivity contribution is 5.87. The zero-order chi connectivity index (χ0) is 30.6. The van der Waals surface area contributed by atoms with Crippen LogP contribution in [0.4, 0.5) is 0 Å². The Morgan fingerprint density at radius 3 is 2.15 bits per heavy atom. The van der Waals surface area contributed by atoms with Crippen molar-refractivity contribution >= 4 is 5.78 Å². The van der Waals surface area contributed by atoms with E-state index in [2.05, 4.69) is 74.3 Å². The van der Waals surface area contributed by atoms with Gasteiger partial charge in [-0.1, -0.05) is 114 Å². The maximum absolute atomic E-state index is 11.6. The molecule has 0 spiro atoms. The smallest absolute Gasteiger partial charge is 0.152 e. The third-order valence-electron chi connectivity index (χ3n) is 7.31. The predicted octanol–water partition coefficient (Wildman–Crippen LogP) is 8.43. The minimum Gasteiger partial charge on any atom is -0.489 e. The van der Waals surface area contributed by atoms with Crippen molar-refractivity contribution in [3.63, 3.8) is 0 Å². The van der Waals surface area contributed by atoms with Crippen LogP contribution in [0.3, 0.4) is 0 Å². The number of hydrogen-bond acceptors (Lipinski definition) is 4. The van der Waals surface area contributed by atoms with Crippen LogP contribution in [0.5, 0.6) is 0 Å². The first-order valence-corrected chi connectivity index (χ1v) is 15.5. The maximum atomic E-state index is 11.6. The van der Waals surface area contributed by atoms with Gasteiger partial charge in [-0.05, 0) is 74.4 Å². The molecule has 0 aromatic heterocycles. The molecule has 0 radical (unpaired) electrons. The van der Waals surface area contributed by atoms with E-state index in [0.29, 0.717) is 13.2 Å². The topological polar surface area (TPSA) is 49.8 Å². The summed E-state index contributed by atoms with van der Waals surface area (Å²) < 4.78 is 6.12. The maximum Gasteiger partial charge on any atom is 0.152 e. The summed E-state index contributed by atoms with van der Waals surface area (Å²) in [6.07, 6.45) is 12.7. The SMILES string of the molecule is CC.CC.CC(=O)/C=C/C(C)C1C=C(OCc2ccccc2)C=CC1N(C)CC(O)C(C)CCCc1ccccc1. The lowest BCUT2D eigenvalue weighted by molar-refractivity contribution is -0.112. The average Bonchev–Trinajstić information content (AvgIpc) is 3.01. The van der Waals surface area contributed by atoms with Gasteiger partial charge in [-0.25, -0.2) is 0 Å². The molecule has 0 saturated carbocycles. The molecule has 0 heterocycles. The van der Waals surface area contributed by atoms with Crippen LogP contribution in [0.2, 0.25) is 0 Å². The summed E-state index contributed by atoms with van der Waals surface area (Å²) in [6, 6.07) is 20.8. The van der Waals surface area contributed by atoms with Crippen LogP contribution in [0.25, 0.3) is 0 Å². The average molecular weight is 562 g/mol. The van der Waals surface area contributed by atoms with Gasteiger partial charge in [0.15, 0.2) is 5.78 Å². The minimum absolute atomic E-state index is 0.0485. The Balaban J connectivity index is 0.00000201. The fourth-order valence-corrected chi connectivity index (χ4v) is 4.88. The second-order valence-corrected chi connectivity index (χ2v) is 10.5. The van der Waals surface area contributed by atoms with Gasteiger partial charge in [0.05, 0.1) is 6.10 Å². The lowest BCUT2D eigenvalue weighted by Crippen LogP contribution is -2.44. The Morgan fingerprint density at radius 1 is 0.976 bits per heavy atom. The van der Waals surface area contributed by atoms with Crippen molar-refractivity contribution in [2.45, 2.75) is 86.5 Å². The number of nitrogens with zero attached hydrogens (tertiary/aromatic N) is 1. The van der Waals surface area contributed by atoms with Crippen LogP contribution in [-0.2, 0) is 22.6 Å². The Labute approximate surface area is 250 Å². The molecule has 0 aliphatic heterocycles. The van der Waals surface area contributed by atoms with Gasteiger partial charge in [0, 0.05) is 18.5 Å². The monoisotopic (exact) mass is 561 g/mol. The third-order valence-corrected chi connectivity index (χ3v) is 7.31. The lowest BCUT2D eigenvalue weighted by atomic mass is 9.82. The molecular weight excluding hydrogens is 506 g/mol. The van der Waals surface area contributed by atoms with Crippen molar-refractivity contribution in [3.05, 3.63) is 108 Å². The van der Waals surface area contributed by atoms with E-state index in [9.17, 15) is 9.90 Å². The van der Waals surface area contributed by atoms with Gasteiger partial charge in [-0.15, -0.1) is 0 Å². The molecule has 1 aliphatic rings. The van der Waals surface area contributed by atoms with Gasteiger partial charge in [0.25, 0.3) is 0 Å². The van der Waals surface area contributed by atoms with Crippen LogP contribution in [0.15, 0.2) is 96.8 Å². The first-order chi connectivity index (χ1) is 19.8. The molecule has 41 heavy (non-hydrogen) atoms. The molecule has 3 rings (SSSR count). The van der Waals surface area contributed by atoms with Gasteiger partial charge < -0.3 is 9.84 Å². The molecular formula is C37H55NO3. The number of ether oxygens (including phenoxy) is 1. The van der Waals surface area contributed by atoms with Crippen LogP contribution in [0.1, 0.15) is 72.4 Å². The summed E-state index contributed by atoms with van der Waals surface area (Å²) >= 11 is 0. The molecule has 2 aromatic carbocycles. The largest absolute Gasteiger partial charge is 0.489 e. The second-order valence-electron chi connectivity index (χ2n) is 10.5. The number of rotatable bonds is 14. The first-order valence-electron chi connectivity index (χ1n) is 15.5. The number of benzene rings is 2. The predicted molar refractivity (Wildman–Crippen MR) is 175 cm³/mol. The van der Waals surface area contributed by atoms with Crippen molar-refractivity contribution in [2.24, 2.45) is 17.8 Å². The summed E-state index contributed by atoms with van der Waals surface area (Å²) in [4.78, 5) is 13.8. The van der Waals surface area contributed by atoms with Gasteiger partial charge in [0.1, 0.15) is 12.4 Å². The fraction of sp³-hybridized carbons (Fsp3) is 0.486. The molecule has 0 fully saturated rings. The Bertz CT molecular complexity index is 1040. The van der Waals surface area contributed by atoms with E-state index < -0.39 is 6.10 Å². The van der Waals surface area contributed by atoms with Crippen molar-refractivity contribution in [2.75, 3.05) is 13.6 Å². The number of allylic oxidation sites excluding steroid dienone is 3. The molecule has 0 saturated heterocycles. The van der Waals surface area contributed by atoms with Crippen molar-refractivity contribution in [1.29, 1.82) is 0 Å². The van der Waals surface area contributed by atoms with Crippen molar-refractivity contribution < 1.29 is 14.6 Å². The Morgan fingerprint density at radius 2 is 1.56 bits per heavy atom. The quantitative estimate of drug-likeness (QED) is 0.235. The first kappa shape index (κ1) is 36.1. The van der Waals surface area contributed by atoms with Crippen LogP contribution in [0, 0.1) is 17.8 Å². The van der Waals surface area contributed by atoms with E-state index in [1.165, 1.54) is 5.56 Å². The number of aliphatic hydroxyl groups excluding tert-OH is 1. The normalized spacial score (nSPS) is 18.3. The van der Waals surface area contributed by atoms with Crippen molar-refractivity contribution in [3.8, 4) is 0 Å². The molecule has 4 heteroatoms. The van der Waals surface area contributed by atoms with Crippen molar-refractivity contribution in [1.82, 2.24) is 4.90 Å². The van der Waals surface area contributed by atoms with Crippen LogP contribution < -0.4 is 0 Å². The van der Waals surface area contributed by atoms with E-state index in [4.69, 9.17) is 4.74 Å². The molecule has 5 atom stereocenters. The van der Waals surface area contributed by atoms with E-state index in [0.717, 1.165) is 30.6 Å². The zero-order valence-electron chi connectivity index (χ0n) is 26.8. The summed E-state index contributed by atoms with van der Waals surface area (Å²) in [5, 5.41) is 11.0. The van der Waals surface area contributed by atoms with E-state index in [1.54, 1.807) is 13.0 Å². The molecule has 1 aliphatic carbocycles. The highest BCUT2D eigenvalue weighted by Gasteiger charge is 2.30. The summed E-state index contributed by atoms with van der Waals surface area (Å²) in [5.41, 5.74) is 2.47. The summed E-state index contributed by atoms with van der Waals surface area (Å²) in [7, 11) is 2.08.